The Labute approximate surface area is 124 Å². The van der Waals surface area contributed by atoms with Gasteiger partial charge in [-0.15, -0.1) is 10.2 Å². The topological polar surface area (TPSA) is 85.9 Å². The average Bonchev–Trinajstić information content (AvgIpc) is 2.79. The monoisotopic (exact) mass is 315 g/mol. The van der Waals surface area contributed by atoms with E-state index in [1.807, 2.05) is 7.05 Å². The summed E-state index contributed by atoms with van der Waals surface area (Å²) in [5.74, 6) is 0.778. The highest BCUT2D eigenvalue weighted by Gasteiger charge is 2.16. The third-order valence-corrected chi connectivity index (χ3v) is 3.43. The average molecular weight is 316 g/mol. The van der Waals surface area contributed by atoms with Crippen LogP contribution < -0.4 is 5.32 Å². The van der Waals surface area contributed by atoms with Gasteiger partial charge in [-0.3, -0.25) is 10.1 Å². The second-order valence-corrected chi connectivity index (χ2v) is 4.89. The molecule has 106 valence electrons. The van der Waals surface area contributed by atoms with E-state index in [1.165, 1.54) is 12.1 Å². The maximum absolute atomic E-state index is 11.0. The quantitative estimate of drug-likeness (QED) is 0.677. The fourth-order valence-electron chi connectivity index (χ4n) is 1.67. The van der Waals surface area contributed by atoms with Gasteiger partial charge in [0.25, 0.3) is 5.69 Å². The summed E-state index contributed by atoms with van der Waals surface area (Å²) in [5.41, 5.74) is 0.212. The molecule has 0 saturated carbocycles. The van der Waals surface area contributed by atoms with Gasteiger partial charge in [0, 0.05) is 26.1 Å². The van der Waals surface area contributed by atoms with Gasteiger partial charge in [0.05, 0.1) is 15.0 Å². The van der Waals surface area contributed by atoms with E-state index in [0.29, 0.717) is 18.7 Å². The fourth-order valence-corrected chi connectivity index (χ4v) is 1.99. The summed E-state index contributed by atoms with van der Waals surface area (Å²) in [5, 5.41) is 22.0. The molecule has 2 aromatic rings. The van der Waals surface area contributed by atoms with Crippen molar-refractivity contribution >= 4 is 34.6 Å². The van der Waals surface area contributed by atoms with Crippen molar-refractivity contribution in [3.05, 3.63) is 44.4 Å². The largest absolute Gasteiger partial charge is 0.379 e. The van der Waals surface area contributed by atoms with Crippen LogP contribution in [0.3, 0.4) is 0 Å². The highest BCUT2D eigenvalue weighted by Crippen LogP contribution is 2.33. The summed E-state index contributed by atoms with van der Waals surface area (Å²) in [6, 6.07) is 2.67. The normalized spacial score (nSPS) is 10.6. The van der Waals surface area contributed by atoms with Gasteiger partial charge in [0.2, 0.25) is 0 Å². The van der Waals surface area contributed by atoms with Crippen molar-refractivity contribution < 1.29 is 4.92 Å². The molecule has 0 bridgehead atoms. The highest BCUT2D eigenvalue weighted by molar-refractivity contribution is 6.42. The second-order valence-electron chi connectivity index (χ2n) is 4.08. The second kappa shape index (κ2) is 6.06. The van der Waals surface area contributed by atoms with E-state index >= 15 is 0 Å². The molecule has 20 heavy (non-hydrogen) atoms. The standard InChI is InChI=1S/C11H11Cl2N5O2/c1-17-6-15-16-11(17)2-3-14-9-4-7(12)8(13)5-10(9)18(19)20/h4-6,14H,2-3H2,1H3. The van der Waals surface area contributed by atoms with Crippen LogP contribution in [0.25, 0.3) is 0 Å². The van der Waals surface area contributed by atoms with Crippen molar-refractivity contribution in [3.8, 4) is 0 Å². The van der Waals surface area contributed by atoms with Crippen molar-refractivity contribution in [2.45, 2.75) is 6.42 Å². The molecule has 7 nitrogen and oxygen atoms in total. The molecule has 1 N–H and O–H groups in total. The van der Waals surface area contributed by atoms with Crippen LogP contribution in [0.5, 0.6) is 0 Å². The summed E-state index contributed by atoms with van der Waals surface area (Å²) >= 11 is 11.7. The number of hydrogen-bond donors (Lipinski definition) is 1. The zero-order chi connectivity index (χ0) is 14.7. The van der Waals surface area contributed by atoms with Crippen LogP contribution in [-0.2, 0) is 13.5 Å². The van der Waals surface area contributed by atoms with Crippen LogP contribution in [0.4, 0.5) is 11.4 Å². The number of aryl methyl sites for hydroxylation is 1. The molecule has 0 aliphatic heterocycles. The van der Waals surface area contributed by atoms with Gasteiger partial charge in [-0.2, -0.15) is 0 Å². The summed E-state index contributed by atoms with van der Waals surface area (Å²) in [7, 11) is 1.83. The van der Waals surface area contributed by atoms with Crippen LogP contribution in [0.1, 0.15) is 5.82 Å². The van der Waals surface area contributed by atoms with Crippen LogP contribution in [-0.4, -0.2) is 26.2 Å². The molecule has 9 heteroatoms. The van der Waals surface area contributed by atoms with Crippen LogP contribution in [0, 0.1) is 10.1 Å². The van der Waals surface area contributed by atoms with Gasteiger partial charge in [0.15, 0.2) is 0 Å². The molecule has 0 saturated heterocycles. The van der Waals surface area contributed by atoms with Gasteiger partial charge in [-0.05, 0) is 6.07 Å². The number of aromatic nitrogens is 3. The molecule has 0 spiro atoms. The number of nitro groups is 1. The minimum atomic E-state index is -0.507. The predicted molar refractivity (Wildman–Crippen MR) is 76.3 cm³/mol. The lowest BCUT2D eigenvalue weighted by molar-refractivity contribution is -0.383. The summed E-state index contributed by atoms with van der Waals surface area (Å²) in [6.07, 6.45) is 2.17. The van der Waals surface area contributed by atoms with E-state index in [4.69, 9.17) is 23.2 Å². The molecule has 0 aliphatic rings. The van der Waals surface area contributed by atoms with E-state index < -0.39 is 4.92 Å². The smallest absolute Gasteiger partial charge is 0.293 e. The van der Waals surface area contributed by atoms with Crippen molar-refractivity contribution in [1.82, 2.24) is 14.8 Å². The number of rotatable bonds is 5. The number of benzene rings is 1. The van der Waals surface area contributed by atoms with Crippen molar-refractivity contribution in [2.75, 3.05) is 11.9 Å². The number of nitrogens with zero attached hydrogens (tertiary/aromatic N) is 4. The number of halogens is 2. The Morgan fingerprint density at radius 2 is 2.10 bits per heavy atom. The molecule has 0 unspecified atom stereocenters. The third-order valence-electron chi connectivity index (χ3n) is 2.70. The maximum atomic E-state index is 11.0. The Morgan fingerprint density at radius 3 is 2.70 bits per heavy atom. The lowest BCUT2D eigenvalue weighted by Crippen LogP contribution is -2.10. The van der Waals surface area contributed by atoms with Crippen molar-refractivity contribution in [1.29, 1.82) is 0 Å². The first kappa shape index (κ1) is 14.5. The van der Waals surface area contributed by atoms with Gasteiger partial charge in [-0.25, -0.2) is 0 Å². The van der Waals surface area contributed by atoms with E-state index in [9.17, 15) is 10.1 Å². The molecule has 1 aromatic heterocycles. The molecular weight excluding hydrogens is 305 g/mol. The predicted octanol–water partition coefficient (Wildman–Crippen LogP) is 2.68. The molecule has 0 atom stereocenters. The molecule has 0 radical (unpaired) electrons. The van der Waals surface area contributed by atoms with Crippen LogP contribution in [0.2, 0.25) is 10.0 Å². The lowest BCUT2D eigenvalue weighted by atomic mass is 10.2. The Hall–Kier alpha value is -1.86. The summed E-state index contributed by atoms with van der Waals surface area (Å²) in [6.45, 7) is 0.464. The van der Waals surface area contributed by atoms with Crippen molar-refractivity contribution in [3.63, 3.8) is 0 Å². The Balaban J connectivity index is 2.11. The van der Waals surface area contributed by atoms with Crippen LogP contribution >= 0.6 is 23.2 Å². The first-order chi connectivity index (χ1) is 9.49. The number of anilines is 1. The summed E-state index contributed by atoms with van der Waals surface area (Å²) in [4.78, 5) is 10.5. The minimum absolute atomic E-state index is 0.114. The zero-order valence-corrected chi connectivity index (χ0v) is 12.0. The number of nitro benzene ring substituents is 1. The van der Waals surface area contributed by atoms with Gasteiger partial charge in [0.1, 0.15) is 17.8 Å². The molecule has 0 fully saturated rings. The zero-order valence-electron chi connectivity index (χ0n) is 10.5. The van der Waals surface area contributed by atoms with E-state index in [1.54, 1.807) is 10.9 Å². The first-order valence-electron chi connectivity index (χ1n) is 5.69. The summed E-state index contributed by atoms with van der Waals surface area (Å²) < 4.78 is 1.78. The Kier molecular flexibility index (Phi) is 4.41. The molecule has 1 heterocycles. The van der Waals surface area contributed by atoms with Gasteiger partial charge < -0.3 is 9.88 Å². The van der Waals surface area contributed by atoms with E-state index in [0.717, 1.165) is 5.82 Å². The fraction of sp³-hybridized carbons (Fsp3) is 0.273. The third kappa shape index (κ3) is 3.17. The van der Waals surface area contributed by atoms with Crippen molar-refractivity contribution in [2.24, 2.45) is 7.05 Å². The number of hydrogen-bond acceptors (Lipinski definition) is 5. The highest BCUT2D eigenvalue weighted by atomic mass is 35.5. The van der Waals surface area contributed by atoms with E-state index in [-0.39, 0.29) is 15.7 Å². The molecule has 0 aliphatic carbocycles. The van der Waals surface area contributed by atoms with Gasteiger partial charge >= 0.3 is 0 Å². The van der Waals surface area contributed by atoms with E-state index in [2.05, 4.69) is 15.5 Å². The molecule has 1 aromatic carbocycles. The van der Waals surface area contributed by atoms with Gasteiger partial charge in [-0.1, -0.05) is 23.2 Å². The SMILES string of the molecule is Cn1cnnc1CCNc1cc(Cl)c(Cl)cc1[N+](=O)[O-]. The molecular formula is C11H11Cl2N5O2. The number of nitrogens with one attached hydrogen (secondary N) is 1. The molecule has 2 rings (SSSR count). The Morgan fingerprint density at radius 1 is 1.40 bits per heavy atom. The lowest BCUT2D eigenvalue weighted by Gasteiger charge is -2.08. The minimum Gasteiger partial charge on any atom is -0.379 e. The van der Waals surface area contributed by atoms with Crippen LogP contribution in [0.15, 0.2) is 18.5 Å². The molecule has 0 amide bonds. The Bertz CT molecular complexity index is 644. The first-order valence-corrected chi connectivity index (χ1v) is 6.45. The maximum Gasteiger partial charge on any atom is 0.293 e.